The van der Waals surface area contributed by atoms with Gasteiger partial charge >= 0.3 is 7.12 Å². The summed E-state index contributed by atoms with van der Waals surface area (Å²) in [6, 6.07) is 5.79. The Hall–Kier alpha value is -1.73. The Morgan fingerprint density at radius 2 is 1.80 bits per heavy atom. The first-order valence-corrected chi connectivity index (χ1v) is 8.62. The van der Waals surface area contributed by atoms with Crippen molar-refractivity contribution in [2.45, 2.75) is 58.8 Å². The maximum atomic E-state index is 11.8. The normalized spacial score (nSPS) is 18.3. The summed E-state index contributed by atoms with van der Waals surface area (Å²) < 4.78 is 17.6. The summed E-state index contributed by atoms with van der Waals surface area (Å²) >= 11 is 0. The van der Waals surface area contributed by atoms with Crippen molar-refractivity contribution in [1.82, 2.24) is 5.32 Å². The van der Waals surface area contributed by atoms with Crippen molar-refractivity contribution in [1.29, 1.82) is 0 Å². The summed E-state index contributed by atoms with van der Waals surface area (Å²) in [5.41, 5.74) is 0.849. The lowest BCUT2D eigenvalue weighted by Gasteiger charge is -2.32. The van der Waals surface area contributed by atoms with Gasteiger partial charge in [0.25, 0.3) is 0 Å². The smallest absolute Gasteiger partial charge is 0.494 e. The number of carbonyl (C=O) groups is 1. The van der Waals surface area contributed by atoms with Crippen LogP contribution in [-0.4, -0.2) is 43.9 Å². The Labute approximate surface area is 150 Å². The van der Waals surface area contributed by atoms with Crippen LogP contribution in [0, 0.1) is 0 Å². The Morgan fingerprint density at radius 1 is 1.20 bits per heavy atom. The summed E-state index contributed by atoms with van der Waals surface area (Å²) in [5.74, 6) is 0.580. The molecular formula is C18H29BN2O4. The zero-order valence-electron chi connectivity index (χ0n) is 16.2. The number of anilines is 1. The fourth-order valence-corrected chi connectivity index (χ4v) is 2.53. The Kier molecular flexibility index (Phi) is 5.69. The van der Waals surface area contributed by atoms with Crippen molar-refractivity contribution in [3.8, 4) is 5.75 Å². The van der Waals surface area contributed by atoms with Crippen LogP contribution in [0.2, 0.25) is 0 Å². The molecule has 0 bridgehead atoms. The zero-order valence-corrected chi connectivity index (χ0v) is 16.2. The minimum Gasteiger partial charge on any atom is -0.495 e. The van der Waals surface area contributed by atoms with Gasteiger partial charge in [-0.25, -0.2) is 0 Å². The monoisotopic (exact) mass is 348 g/mol. The van der Waals surface area contributed by atoms with Gasteiger partial charge in [-0.15, -0.1) is 0 Å². The van der Waals surface area contributed by atoms with Crippen LogP contribution < -0.4 is 20.8 Å². The van der Waals surface area contributed by atoms with E-state index in [0.717, 1.165) is 11.2 Å². The summed E-state index contributed by atoms with van der Waals surface area (Å²) in [5, 5.41) is 5.94. The highest BCUT2D eigenvalue weighted by Gasteiger charge is 2.51. The summed E-state index contributed by atoms with van der Waals surface area (Å²) in [6.07, 6.45) is 0. The molecule has 0 unspecified atom stereocenters. The first kappa shape index (κ1) is 19.6. The predicted molar refractivity (Wildman–Crippen MR) is 100 cm³/mol. The molecule has 1 aliphatic rings. The number of hydrogen-bond acceptors (Lipinski definition) is 5. The average Bonchev–Trinajstić information content (AvgIpc) is 2.72. The van der Waals surface area contributed by atoms with E-state index in [9.17, 15) is 4.79 Å². The molecule has 1 fully saturated rings. The predicted octanol–water partition coefficient (Wildman–Crippen LogP) is 1.93. The van der Waals surface area contributed by atoms with Crippen LogP contribution >= 0.6 is 0 Å². The van der Waals surface area contributed by atoms with Crippen molar-refractivity contribution in [2.24, 2.45) is 0 Å². The minimum atomic E-state index is -0.447. The lowest BCUT2D eigenvalue weighted by molar-refractivity contribution is -0.119. The van der Waals surface area contributed by atoms with Gasteiger partial charge in [0.15, 0.2) is 0 Å². The molecule has 2 N–H and O–H groups in total. The molecule has 1 amide bonds. The van der Waals surface area contributed by atoms with E-state index in [0.29, 0.717) is 5.75 Å². The second-order valence-electron chi connectivity index (χ2n) is 7.62. The molecule has 138 valence electrons. The quantitative estimate of drug-likeness (QED) is 0.769. The fourth-order valence-electron chi connectivity index (χ4n) is 2.53. The summed E-state index contributed by atoms with van der Waals surface area (Å²) in [6.45, 7) is 12.1. The molecule has 0 saturated carbocycles. The van der Waals surface area contributed by atoms with Crippen molar-refractivity contribution < 1.29 is 18.8 Å². The Balaban J connectivity index is 2.11. The van der Waals surface area contributed by atoms with Crippen molar-refractivity contribution in [2.75, 3.05) is 19.0 Å². The van der Waals surface area contributed by atoms with Crippen LogP contribution in [0.4, 0.5) is 5.69 Å². The molecule has 1 aromatic carbocycles. The van der Waals surface area contributed by atoms with Crippen LogP contribution in [0.15, 0.2) is 18.2 Å². The molecule has 25 heavy (non-hydrogen) atoms. The molecule has 0 spiro atoms. The molecule has 0 radical (unpaired) electrons. The number of nitrogens with one attached hydrogen (secondary N) is 2. The highest BCUT2D eigenvalue weighted by atomic mass is 16.7. The lowest BCUT2D eigenvalue weighted by Crippen LogP contribution is -2.41. The van der Waals surface area contributed by atoms with E-state index in [2.05, 4.69) is 10.6 Å². The molecule has 2 rings (SSSR count). The Morgan fingerprint density at radius 3 is 2.32 bits per heavy atom. The average molecular weight is 348 g/mol. The van der Waals surface area contributed by atoms with E-state index in [4.69, 9.17) is 14.0 Å². The van der Waals surface area contributed by atoms with Gasteiger partial charge in [0.1, 0.15) is 5.75 Å². The third-order valence-electron chi connectivity index (χ3n) is 4.64. The maximum absolute atomic E-state index is 11.8. The van der Waals surface area contributed by atoms with E-state index in [1.54, 1.807) is 7.11 Å². The molecule has 6 nitrogen and oxygen atoms in total. The second-order valence-corrected chi connectivity index (χ2v) is 7.62. The fraction of sp³-hybridized carbons (Fsp3) is 0.611. The van der Waals surface area contributed by atoms with Gasteiger partial charge in [-0.2, -0.15) is 0 Å². The first-order valence-electron chi connectivity index (χ1n) is 8.62. The molecule has 7 heteroatoms. The van der Waals surface area contributed by atoms with E-state index in [1.165, 1.54) is 0 Å². The summed E-state index contributed by atoms with van der Waals surface area (Å²) in [4.78, 5) is 11.8. The number of carbonyl (C=O) groups excluding carboxylic acids is 1. The van der Waals surface area contributed by atoms with Gasteiger partial charge in [-0.1, -0.05) is 6.07 Å². The van der Waals surface area contributed by atoms with Crippen LogP contribution in [0.25, 0.3) is 0 Å². The third-order valence-corrected chi connectivity index (χ3v) is 4.64. The molecule has 0 atom stereocenters. The highest BCUT2D eigenvalue weighted by Crippen LogP contribution is 2.37. The van der Waals surface area contributed by atoms with Crippen LogP contribution in [-0.2, 0) is 14.1 Å². The van der Waals surface area contributed by atoms with Gasteiger partial charge in [-0.05, 0) is 59.1 Å². The van der Waals surface area contributed by atoms with Crippen LogP contribution in [0.1, 0.15) is 41.5 Å². The van der Waals surface area contributed by atoms with Gasteiger partial charge in [-0.3, -0.25) is 4.79 Å². The van der Waals surface area contributed by atoms with E-state index < -0.39 is 18.3 Å². The molecule has 1 saturated heterocycles. The van der Waals surface area contributed by atoms with Crippen molar-refractivity contribution >= 4 is 24.2 Å². The third kappa shape index (κ3) is 4.47. The van der Waals surface area contributed by atoms with Crippen molar-refractivity contribution in [3.63, 3.8) is 0 Å². The zero-order chi connectivity index (χ0) is 18.8. The van der Waals surface area contributed by atoms with Crippen LogP contribution in [0.3, 0.4) is 0 Å². The molecule has 0 aromatic heterocycles. The molecule has 1 aromatic rings. The van der Waals surface area contributed by atoms with Crippen LogP contribution in [0.5, 0.6) is 5.75 Å². The summed E-state index contributed by atoms with van der Waals surface area (Å²) in [7, 11) is 1.15. The number of benzene rings is 1. The minimum absolute atomic E-state index is 0.0629. The van der Waals surface area contributed by atoms with Gasteiger partial charge < -0.3 is 24.7 Å². The van der Waals surface area contributed by atoms with Gasteiger partial charge in [0.2, 0.25) is 5.91 Å². The Bertz CT molecular complexity index is 616. The SMILES string of the molecule is COc1cc(B2OC(C)(C)C(C)(C)O2)ccc1NCC(=O)NC(C)C. The molecular weight excluding hydrogens is 319 g/mol. The van der Waals surface area contributed by atoms with E-state index in [-0.39, 0.29) is 18.5 Å². The number of rotatable bonds is 6. The second kappa shape index (κ2) is 7.26. The van der Waals surface area contributed by atoms with E-state index >= 15 is 0 Å². The number of methoxy groups -OCH3 is 1. The van der Waals surface area contributed by atoms with Crippen molar-refractivity contribution in [3.05, 3.63) is 18.2 Å². The van der Waals surface area contributed by atoms with Gasteiger partial charge in [0, 0.05) is 6.04 Å². The largest absolute Gasteiger partial charge is 0.495 e. The molecule has 0 aliphatic carbocycles. The highest BCUT2D eigenvalue weighted by molar-refractivity contribution is 6.62. The molecule has 1 heterocycles. The standard InChI is InChI=1S/C18H29BN2O4/c1-12(2)21-16(22)11-20-14-9-8-13(10-15(14)23-7)19-24-17(3,4)18(5,6)25-19/h8-10,12,20H,11H2,1-7H3,(H,21,22). The van der Waals surface area contributed by atoms with E-state index in [1.807, 2.05) is 59.7 Å². The molecule has 1 aliphatic heterocycles. The number of ether oxygens (including phenoxy) is 1. The topological polar surface area (TPSA) is 68.8 Å². The first-order chi connectivity index (χ1) is 11.6. The number of hydrogen-bond donors (Lipinski definition) is 2. The van der Waals surface area contributed by atoms with Gasteiger partial charge in [0.05, 0.1) is 30.5 Å². The maximum Gasteiger partial charge on any atom is 0.494 e. The lowest BCUT2D eigenvalue weighted by atomic mass is 9.79. The number of amides is 1.